The van der Waals surface area contributed by atoms with Crippen LogP contribution in [0.2, 0.25) is 0 Å². The van der Waals surface area contributed by atoms with Gasteiger partial charge in [-0.3, -0.25) is 9.59 Å². The lowest BCUT2D eigenvalue weighted by molar-refractivity contribution is 0.102. The Bertz CT molecular complexity index is 1230. The molecule has 4 rings (SSSR count). The van der Waals surface area contributed by atoms with E-state index in [0.717, 1.165) is 6.07 Å². The fraction of sp³-hybridized carbons (Fsp3) is 0. The Balaban J connectivity index is 1.77. The number of hydrogen-bond donors (Lipinski definition) is 2. The van der Waals surface area contributed by atoms with E-state index >= 15 is 0 Å². The van der Waals surface area contributed by atoms with Crippen LogP contribution in [0.4, 0.5) is 10.1 Å². The molecule has 1 amide bonds. The van der Waals surface area contributed by atoms with Gasteiger partial charge in [-0.2, -0.15) is 5.10 Å². The van der Waals surface area contributed by atoms with E-state index in [0.29, 0.717) is 26.9 Å². The van der Waals surface area contributed by atoms with Crippen molar-refractivity contribution in [3.05, 3.63) is 81.2 Å². The van der Waals surface area contributed by atoms with Crippen LogP contribution in [-0.4, -0.2) is 25.7 Å². The summed E-state index contributed by atoms with van der Waals surface area (Å²) >= 11 is 3.25. The largest absolute Gasteiger partial charge is 0.320 e. The number of fused-ring (bicyclic) bond motifs is 1. The Morgan fingerprint density at radius 1 is 1.22 bits per heavy atom. The first kappa shape index (κ1) is 17.1. The maximum absolute atomic E-state index is 13.5. The molecule has 134 valence electrons. The van der Waals surface area contributed by atoms with E-state index in [1.54, 1.807) is 24.3 Å². The second kappa shape index (κ2) is 6.76. The Hall–Kier alpha value is -3.33. The smallest absolute Gasteiger partial charge is 0.261 e. The molecule has 4 aromatic rings. The number of benzene rings is 2. The Labute approximate surface area is 160 Å². The second-order valence-corrected chi connectivity index (χ2v) is 6.48. The molecule has 0 aliphatic rings. The van der Waals surface area contributed by atoms with Crippen molar-refractivity contribution in [1.82, 2.24) is 19.7 Å². The van der Waals surface area contributed by atoms with E-state index in [4.69, 9.17) is 0 Å². The van der Waals surface area contributed by atoms with Crippen LogP contribution in [0.25, 0.3) is 16.7 Å². The van der Waals surface area contributed by atoms with Crippen LogP contribution in [-0.2, 0) is 0 Å². The molecule has 27 heavy (non-hydrogen) atoms. The highest BCUT2D eigenvalue weighted by Gasteiger charge is 2.16. The number of rotatable bonds is 3. The Kier molecular flexibility index (Phi) is 4.28. The molecule has 0 unspecified atom stereocenters. The van der Waals surface area contributed by atoms with Crippen molar-refractivity contribution in [3.8, 4) is 5.69 Å². The van der Waals surface area contributed by atoms with Gasteiger partial charge in [0.1, 0.15) is 11.2 Å². The molecular weight excluding hydrogens is 417 g/mol. The molecule has 0 aliphatic heterocycles. The number of halogens is 2. The van der Waals surface area contributed by atoms with Crippen molar-refractivity contribution in [2.24, 2.45) is 0 Å². The quantitative estimate of drug-likeness (QED) is 0.524. The maximum atomic E-state index is 13.5. The highest BCUT2D eigenvalue weighted by molar-refractivity contribution is 9.10. The minimum atomic E-state index is -0.516. The van der Waals surface area contributed by atoms with Gasteiger partial charge in [0.05, 0.1) is 29.5 Å². The molecule has 0 atom stereocenters. The van der Waals surface area contributed by atoms with E-state index in [1.165, 1.54) is 29.3 Å². The summed E-state index contributed by atoms with van der Waals surface area (Å²) in [6.07, 6.45) is 2.69. The zero-order valence-corrected chi connectivity index (χ0v) is 15.2. The van der Waals surface area contributed by atoms with E-state index in [1.807, 2.05) is 0 Å². The second-order valence-electron chi connectivity index (χ2n) is 5.62. The third-order valence-corrected chi connectivity index (χ3v) is 4.62. The number of para-hydroxylation sites is 2. The lowest BCUT2D eigenvalue weighted by Crippen LogP contribution is -2.15. The molecular formula is C18H11BrFN5O2. The average Bonchev–Trinajstić information content (AvgIpc) is 3.09. The summed E-state index contributed by atoms with van der Waals surface area (Å²) in [4.78, 5) is 31.1. The van der Waals surface area contributed by atoms with Crippen LogP contribution in [0, 0.1) is 5.82 Å². The zero-order chi connectivity index (χ0) is 19.0. The predicted molar refractivity (Wildman–Crippen MR) is 102 cm³/mol. The monoisotopic (exact) mass is 427 g/mol. The summed E-state index contributed by atoms with van der Waals surface area (Å²) in [5.74, 6) is -1.01. The molecule has 2 aromatic carbocycles. The summed E-state index contributed by atoms with van der Waals surface area (Å²) in [6, 6.07) is 10.8. The normalized spacial score (nSPS) is 10.9. The molecule has 0 radical (unpaired) electrons. The van der Waals surface area contributed by atoms with Crippen LogP contribution in [0.3, 0.4) is 0 Å². The molecule has 0 spiro atoms. The van der Waals surface area contributed by atoms with E-state index in [9.17, 15) is 14.0 Å². The fourth-order valence-electron chi connectivity index (χ4n) is 2.66. The lowest BCUT2D eigenvalue weighted by Gasteiger charge is -2.12. The van der Waals surface area contributed by atoms with E-state index < -0.39 is 11.7 Å². The number of nitrogens with zero attached hydrogens (tertiary/aromatic N) is 3. The number of hydrogen-bond acceptors (Lipinski definition) is 4. The van der Waals surface area contributed by atoms with Gasteiger partial charge in [0, 0.05) is 4.47 Å². The minimum absolute atomic E-state index is 0.157. The first-order valence-electron chi connectivity index (χ1n) is 7.82. The van der Waals surface area contributed by atoms with Crippen molar-refractivity contribution in [3.63, 3.8) is 0 Å². The number of nitrogens with one attached hydrogen (secondary N) is 2. The summed E-state index contributed by atoms with van der Waals surface area (Å²) < 4.78 is 15.4. The minimum Gasteiger partial charge on any atom is -0.320 e. The third-order valence-electron chi connectivity index (χ3n) is 3.92. The molecule has 0 fully saturated rings. The highest BCUT2D eigenvalue weighted by Crippen LogP contribution is 2.24. The summed E-state index contributed by atoms with van der Waals surface area (Å²) in [7, 11) is 0. The third kappa shape index (κ3) is 3.13. The Morgan fingerprint density at radius 2 is 2.04 bits per heavy atom. The predicted octanol–water partition coefficient (Wildman–Crippen LogP) is 3.26. The van der Waals surface area contributed by atoms with Crippen LogP contribution in [0.15, 0.2) is 64.3 Å². The number of H-pyrrole nitrogens is 1. The van der Waals surface area contributed by atoms with Gasteiger partial charge in [-0.25, -0.2) is 14.1 Å². The van der Waals surface area contributed by atoms with Gasteiger partial charge in [-0.1, -0.05) is 12.1 Å². The summed E-state index contributed by atoms with van der Waals surface area (Å²) in [6.45, 7) is 0. The average molecular weight is 428 g/mol. The van der Waals surface area contributed by atoms with E-state index in [-0.39, 0.29) is 11.1 Å². The standard InChI is InChI=1S/C18H11BrFN5O2/c19-13-6-5-10(20)7-11(13)18(27)24-14-3-1-2-4-15(14)25-16-12(8-23-25)17(26)22-9-21-16/h1-9H,(H,24,27)(H,21,22,26). The number of amides is 1. The molecule has 0 saturated heterocycles. The molecule has 2 heterocycles. The zero-order valence-electron chi connectivity index (χ0n) is 13.6. The van der Waals surface area contributed by atoms with Gasteiger partial charge < -0.3 is 10.3 Å². The van der Waals surface area contributed by atoms with Crippen molar-refractivity contribution in [2.45, 2.75) is 0 Å². The number of aromatic amines is 1. The molecule has 0 saturated carbocycles. The van der Waals surface area contributed by atoms with Gasteiger partial charge in [0.2, 0.25) is 0 Å². The maximum Gasteiger partial charge on any atom is 0.261 e. The number of aromatic nitrogens is 4. The molecule has 0 bridgehead atoms. The lowest BCUT2D eigenvalue weighted by atomic mass is 10.2. The van der Waals surface area contributed by atoms with Crippen LogP contribution < -0.4 is 10.9 Å². The van der Waals surface area contributed by atoms with Crippen molar-refractivity contribution in [1.29, 1.82) is 0 Å². The van der Waals surface area contributed by atoms with Crippen LogP contribution in [0.1, 0.15) is 10.4 Å². The molecule has 7 nitrogen and oxygen atoms in total. The molecule has 0 aliphatic carbocycles. The van der Waals surface area contributed by atoms with Crippen LogP contribution in [0.5, 0.6) is 0 Å². The fourth-order valence-corrected chi connectivity index (χ4v) is 3.08. The number of carbonyl (C=O) groups is 1. The van der Waals surface area contributed by atoms with Gasteiger partial charge >= 0.3 is 0 Å². The van der Waals surface area contributed by atoms with Crippen molar-refractivity contribution in [2.75, 3.05) is 5.32 Å². The summed E-state index contributed by atoms with van der Waals surface area (Å²) in [5, 5.41) is 7.29. The molecule has 2 aromatic heterocycles. The summed E-state index contributed by atoms with van der Waals surface area (Å²) in [5.41, 5.74) is 1.16. The van der Waals surface area contributed by atoms with E-state index in [2.05, 4.69) is 36.3 Å². The topological polar surface area (TPSA) is 92.7 Å². The SMILES string of the molecule is O=C(Nc1ccccc1-n1ncc2c(=O)[nH]cnc21)c1cc(F)ccc1Br. The molecule has 2 N–H and O–H groups in total. The molecule has 9 heteroatoms. The Morgan fingerprint density at radius 3 is 2.89 bits per heavy atom. The van der Waals surface area contributed by atoms with Gasteiger partial charge in [0.15, 0.2) is 5.65 Å². The number of anilines is 1. The first-order chi connectivity index (χ1) is 13.0. The van der Waals surface area contributed by atoms with Gasteiger partial charge in [-0.15, -0.1) is 0 Å². The van der Waals surface area contributed by atoms with Gasteiger partial charge in [-0.05, 0) is 46.3 Å². The first-order valence-corrected chi connectivity index (χ1v) is 8.61. The van der Waals surface area contributed by atoms with Crippen molar-refractivity contribution >= 4 is 38.6 Å². The van der Waals surface area contributed by atoms with Crippen molar-refractivity contribution < 1.29 is 9.18 Å². The van der Waals surface area contributed by atoms with Gasteiger partial charge in [0.25, 0.3) is 11.5 Å². The highest BCUT2D eigenvalue weighted by atomic mass is 79.9. The number of carbonyl (C=O) groups excluding carboxylic acids is 1. The van der Waals surface area contributed by atoms with Crippen LogP contribution >= 0.6 is 15.9 Å².